The fraction of sp³-hybridized carbons (Fsp3) is 0.308. The minimum absolute atomic E-state index is 0.207. The summed E-state index contributed by atoms with van der Waals surface area (Å²) >= 11 is 0. The number of carbonyl (C=O) groups is 1. The second-order valence-corrected chi connectivity index (χ2v) is 3.34. The minimum atomic E-state index is -0.304. The molecule has 0 heterocycles. The van der Waals surface area contributed by atoms with E-state index >= 15 is 0 Å². The first kappa shape index (κ1) is 12.4. The van der Waals surface area contributed by atoms with Crippen molar-refractivity contribution in [3.63, 3.8) is 0 Å². The average molecular weight is 222 g/mol. The van der Waals surface area contributed by atoms with Crippen molar-refractivity contribution in [1.29, 1.82) is 0 Å². The Morgan fingerprint density at radius 3 is 2.88 bits per heavy atom. The fourth-order valence-electron chi connectivity index (χ4n) is 1.25. The van der Waals surface area contributed by atoms with Crippen LogP contribution in [0.3, 0.4) is 0 Å². The molecule has 2 nitrogen and oxygen atoms in total. The van der Waals surface area contributed by atoms with Crippen LogP contribution in [0.15, 0.2) is 36.4 Å². The average Bonchev–Trinajstić information content (AvgIpc) is 2.28. The van der Waals surface area contributed by atoms with Crippen molar-refractivity contribution in [2.45, 2.75) is 19.8 Å². The van der Waals surface area contributed by atoms with Crippen LogP contribution < -0.4 is 0 Å². The highest BCUT2D eigenvalue weighted by molar-refractivity contribution is 5.69. The number of carbonyl (C=O) groups excluding carboxylic acids is 1. The van der Waals surface area contributed by atoms with Gasteiger partial charge in [-0.15, -0.1) is 0 Å². The Morgan fingerprint density at radius 2 is 2.19 bits per heavy atom. The molecule has 0 aromatic heterocycles. The number of hydrogen-bond acceptors (Lipinski definition) is 2. The molecule has 0 spiro atoms. The first-order valence-electron chi connectivity index (χ1n) is 5.24. The van der Waals surface area contributed by atoms with E-state index in [1.807, 2.05) is 13.0 Å². The SMILES string of the molecule is C/C=C/COC(=O)CCc1ccccc1F. The summed E-state index contributed by atoms with van der Waals surface area (Å²) in [5, 5.41) is 0. The molecule has 0 bridgehead atoms. The Balaban J connectivity index is 2.34. The third-order valence-electron chi connectivity index (χ3n) is 2.13. The summed E-state index contributed by atoms with van der Waals surface area (Å²) in [5.41, 5.74) is 0.547. The second kappa shape index (κ2) is 6.77. The van der Waals surface area contributed by atoms with E-state index in [1.54, 1.807) is 24.3 Å². The first-order valence-corrected chi connectivity index (χ1v) is 5.24. The molecule has 0 atom stereocenters. The van der Waals surface area contributed by atoms with Gasteiger partial charge in [-0.25, -0.2) is 4.39 Å². The molecule has 1 rings (SSSR count). The lowest BCUT2D eigenvalue weighted by molar-refractivity contribution is -0.142. The van der Waals surface area contributed by atoms with Crippen LogP contribution in [-0.4, -0.2) is 12.6 Å². The predicted molar refractivity (Wildman–Crippen MR) is 60.5 cm³/mol. The molecule has 0 aliphatic heterocycles. The molecule has 0 saturated heterocycles. The quantitative estimate of drug-likeness (QED) is 0.565. The number of ether oxygens (including phenoxy) is 1. The molecule has 0 saturated carbocycles. The van der Waals surface area contributed by atoms with E-state index in [2.05, 4.69) is 0 Å². The Morgan fingerprint density at radius 1 is 1.44 bits per heavy atom. The highest BCUT2D eigenvalue weighted by Gasteiger charge is 2.05. The highest BCUT2D eigenvalue weighted by Crippen LogP contribution is 2.09. The lowest BCUT2D eigenvalue weighted by Crippen LogP contribution is -2.06. The third kappa shape index (κ3) is 4.26. The topological polar surface area (TPSA) is 26.3 Å². The summed E-state index contributed by atoms with van der Waals surface area (Å²) in [6.45, 7) is 2.14. The molecule has 0 amide bonds. The fourth-order valence-corrected chi connectivity index (χ4v) is 1.25. The van der Waals surface area contributed by atoms with Crippen LogP contribution in [0.4, 0.5) is 4.39 Å². The van der Waals surface area contributed by atoms with Crippen LogP contribution in [-0.2, 0) is 16.0 Å². The summed E-state index contributed by atoms with van der Waals surface area (Å²) in [6.07, 6.45) is 4.14. The number of esters is 1. The summed E-state index contributed by atoms with van der Waals surface area (Å²) in [7, 11) is 0. The summed E-state index contributed by atoms with van der Waals surface area (Å²) in [5.74, 6) is -0.579. The van der Waals surface area contributed by atoms with E-state index in [0.29, 0.717) is 12.0 Å². The van der Waals surface area contributed by atoms with Crippen molar-refractivity contribution in [3.05, 3.63) is 47.8 Å². The van der Waals surface area contributed by atoms with E-state index in [4.69, 9.17) is 4.74 Å². The monoisotopic (exact) mass is 222 g/mol. The van der Waals surface area contributed by atoms with Gasteiger partial charge in [-0.2, -0.15) is 0 Å². The van der Waals surface area contributed by atoms with Gasteiger partial charge in [0.15, 0.2) is 0 Å². The van der Waals surface area contributed by atoms with Crippen molar-refractivity contribution in [1.82, 2.24) is 0 Å². The number of benzene rings is 1. The Hall–Kier alpha value is -1.64. The van der Waals surface area contributed by atoms with E-state index < -0.39 is 0 Å². The molecule has 1 aromatic rings. The zero-order valence-electron chi connectivity index (χ0n) is 9.28. The smallest absolute Gasteiger partial charge is 0.306 e. The molecule has 0 unspecified atom stereocenters. The van der Waals surface area contributed by atoms with Crippen LogP contribution in [0.2, 0.25) is 0 Å². The molecule has 16 heavy (non-hydrogen) atoms. The van der Waals surface area contributed by atoms with E-state index in [-0.39, 0.29) is 24.8 Å². The van der Waals surface area contributed by atoms with Crippen molar-refractivity contribution >= 4 is 5.97 Å². The molecule has 3 heteroatoms. The van der Waals surface area contributed by atoms with Crippen molar-refractivity contribution < 1.29 is 13.9 Å². The lowest BCUT2D eigenvalue weighted by atomic mass is 10.1. The van der Waals surface area contributed by atoms with Gasteiger partial charge in [-0.3, -0.25) is 4.79 Å². The normalized spacial score (nSPS) is 10.6. The summed E-state index contributed by atoms with van der Waals surface area (Å²) < 4.78 is 18.1. The largest absolute Gasteiger partial charge is 0.461 e. The lowest BCUT2D eigenvalue weighted by Gasteiger charge is -2.03. The Bertz CT molecular complexity index is 372. The molecular weight excluding hydrogens is 207 g/mol. The van der Waals surface area contributed by atoms with Gasteiger partial charge in [-0.1, -0.05) is 30.4 Å². The number of rotatable bonds is 5. The zero-order valence-corrected chi connectivity index (χ0v) is 9.28. The molecule has 0 N–H and O–H groups in total. The number of aryl methyl sites for hydroxylation is 1. The zero-order chi connectivity index (χ0) is 11.8. The van der Waals surface area contributed by atoms with E-state index in [1.165, 1.54) is 6.07 Å². The maximum Gasteiger partial charge on any atom is 0.306 e. The summed E-state index contributed by atoms with van der Waals surface area (Å²) in [4.78, 5) is 11.2. The second-order valence-electron chi connectivity index (χ2n) is 3.34. The molecule has 0 fully saturated rings. The van der Waals surface area contributed by atoms with Gasteiger partial charge in [0, 0.05) is 6.42 Å². The summed E-state index contributed by atoms with van der Waals surface area (Å²) in [6, 6.07) is 6.45. The highest BCUT2D eigenvalue weighted by atomic mass is 19.1. The number of halogens is 1. The molecule has 0 aliphatic carbocycles. The number of allylic oxidation sites excluding steroid dienone is 1. The molecule has 0 aliphatic rings. The Labute approximate surface area is 94.7 Å². The maximum atomic E-state index is 13.2. The molecular formula is C13H15FO2. The molecule has 1 aromatic carbocycles. The van der Waals surface area contributed by atoms with Gasteiger partial charge in [0.25, 0.3) is 0 Å². The van der Waals surface area contributed by atoms with Crippen LogP contribution in [0, 0.1) is 5.82 Å². The third-order valence-corrected chi connectivity index (χ3v) is 2.13. The van der Waals surface area contributed by atoms with Gasteiger partial charge < -0.3 is 4.74 Å². The molecule has 86 valence electrons. The Kier molecular flexibility index (Phi) is 5.26. The predicted octanol–water partition coefficient (Wildman–Crippen LogP) is 2.88. The van der Waals surface area contributed by atoms with Crippen molar-refractivity contribution in [3.8, 4) is 0 Å². The minimum Gasteiger partial charge on any atom is -0.461 e. The van der Waals surface area contributed by atoms with Gasteiger partial charge >= 0.3 is 5.97 Å². The molecule has 0 radical (unpaired) electrons. The number of hydrogen-bond donors (Lipinski definition) is 0. The maximum absolute atomic E-state index is 13.2. The van der Waals surface area contributed by atoms with Crippen molar-refractivity contribution in [2.75, 3.05) is 6.61 Å². The standard InChI is InChI=1S/C13H15FO2/c1-2-3-10-16-13(15)9-8-11-6-4-5-7-12(11)14/h2-7H,8-10H2,1H3/b3-2+. The van der Waals surface area contributed by atoms with Crippen LogP contribution in [0.25, 0.3) is 0 Å². The van der Waals surface area contributed by atoms with Gasteiger partial charge in [0.1, 0.15) is 12.4 Å². The van der Waals surface area contributed by atoms with Gasteiger partial charge in [0.05, 0.1) is 0 Å². The van der Waals surface area contributed by atoms with E-state index in [0.717, 1.165) is 0 Å². The van der Waals surface area contributed by atoms with Gasteiger partial charge in [0.2, 0.25) is 0 Å². The van der Waals surface area contributed by atoms with Crippen LogP contribution in [0.5, 0.6) is 0 Å². The van der Waals surface area contributed by atoms with Gasteiger partial charge in [-0.05, 0) is 25.0 Å². The van der Waals surface area contributed by atoms with Crippen LogP contribution >= 0.6 is 0 Å². The first-order chi connectivity index (χ1) is 7.74. The van der Waals surface area contributed by atoms with Crippen molar-refractivity contribution in [2.24, 2.45) is 0 Å². The van der Waals surface area contributed by atoms with E-state index in [9.17, 15) is 9.18 Å². The van der Waals surface area contributed by atoms with Crippen LogP contribution in [0.1, 0.15) is 18.9 Å².